The predicted molar refractivity (Wildman–Crippen MR) is 70.5 cm³/mol. The maximum Gasteiger partial charge on any atom is 0.251 e. The lowest BCUT2D eigenvalue weighted by Gasteiger charge is -2.14. The number of aryl methyl sites for hydroxylation is 1. The van der Waals surface area contributed by atoms with Gasteiger partial charge in [-0.15, -0.1) is 11.6 Å². The minimum Gasteiger partial charge on any atom is -0.352 e. The van der Waals surface area contributed by atoms with E-state index in [1.54, 1.807) is 13.0 Å². The van der Waals surface area contributed by atoms with E-state index in [-0.39, 0.29) is 17.1 Å². The summed E-state index contributed by atoms with van der Waals surface area (Å²) in [6, 6.07) is 4.35. The van der Waals surface area contributed by atoms with E-state index in [0.29, 0.717) is 18.0 Å². The van der Waals surface area contributed by atoms with Gasteiger partial charge in [0.15, 0.2) is 0 Å². The van der Waals surface area contributed by atoms with Crippen molar-refractivity contribution in [3.05, 3.63) is 35.1 Å². The molecule has 0 bridgehead atoms. The SMILES string of the molecule is Cc1cc(F)cc(C(=O)NCC2CCCC2Cl)c1. The summed E-state index contributed by atoms with van der Waals surface area (Å²) < 4.78 is 13.2. The molecule has 2 rings (SSSR count). The van der Waals surface area contributed by atoms with Gasteiger partial charge in [-0.1, -0.05) is 6.42 Å². The van der Waals surface area contributed by atoms with E-state index in [2.05, 4.69) is 5.32 Å². The number of rotatable bonds is 3. The number of carbonyl (C=O) groups excluding carboxylic acids is 1. The van der Waals surface area contributed by atoms with E-state index in [9.17, 15) is 9.18 Å². The van der Waals surface area contributed by atoms with Crippen molar-refractivity contribution in [3.63, 3.8) is 0 Å². The number of alkyl halides is 1. The van der Waals surface area contributed by atoms with Crippen LogP contribution in [0.25, 0.3) is 0 Å². The van der Waals surface area contributed by atoms with Crippen LogP contribution in [-0.4, -0.2) is 17.8 Å². The van der Waals surface area contributed by atoms with Gasteiger partial charge in [-0.2, -0.15) is 0 Å². The lowest BCUT2D eigenvalue weighted by molar-refractivity contribution is 0.0947. The van der Waals surface area contributed by atoms with Gasteiger partial charge in [0.2, 0.25) is 0 Å². The fraction of sp³-hybridized carbons (Fsp3) is 0.500. The van der Waals surface area contributed by atoms with Crippen LogP contribution in [0, 0.1) is 18.7 Å². The minimum absolute atomic E-state index is 0.152. The Kier molecular flexibility index (Phi) is 4.23. The summed E-state index contributed by atoms with van der Waals surface area (Å²) in [6.07, 6.45) is 3.19. The van der Waals surface area contributed by atoms with Gasteiger partial charge in [0, 0.05) is 17.5 Å². The van der Waals surface area contributed by atoms with E-state index in [0.717, 1.165) is 24.8 Å². The molecule has 0 saturated heterocycles. The van der Waals surface area contributed by atoms with Crippen molar-refractivity contribution >= 4 is 17.5 Å². The van der Waals surface area contributed by atoms with Gasteiger partial charge >= 0.3 is 0 Å². The molecule has 0 radical (unpaired) electrons. The second kappa shape index (κ2) is 5.70. The first-order valence-corrected chi connectivity index (χ1v) is 6.69. The molecule has 1 saturated carbocycles. The zero-order valence-corrected chi connectivity index (χ0v) is 11.1. The molecule has 0 heterocycles. The van der Waals surface area contributed by atoms with Crippen LogP contribution in [0.3, 0.4) is 0 Å². The molecule has 1 fully saturated rings. The van der Waals surface area contributed by atoms with Crippen LogP contribution in [-0.2, 0) is 0 Å². The van der Waals surface area contributed by atoms with Crippen LogP contribution in [0.5, 0.6) is 0 Å². The number of nitrogens with one attached hydrogen (secondary N) is 1. The van der Waals surface area contributed by atoms with Crippen molar-refractivity contribution in [1.82, 2.24) is 5.32 Å². The quantitative estimate of drug-likeness (QED) is 0.839. The highest BCUT2D eigenvalue weighted by molar-refractivity contribution is 6.21. The average Bonchev–Trinajstić information content (AvgIpc) is 2.70. The Hall–Kier alpha value is -1.09. The zero-order valence-electron chi connectivity index (χ0n) is 10.4. The molecule has 4 heteroatoms. The van der Waals surface area contributed by atoms with E-state index in [1.807, 2.05) is 0 Å². The molecule has 1 aliphatic carbocycles. The Labute approximate surface area is 112 Å². The lowest BCUT2D eigenvalue weighted by atomic mass is 10.1. The molecule has 98 valence electrons. The van der Waals surface area contributed by atoms with Crippen molar-refractivity contribution in [2.45, 2.75) is 31.6 Å². The Morgan fingerprint density at radius 2 is 2.22 bits per heavy atom. The molecule has 0 aliphatic heterocycles. The van der Waals surface area contributed by atoms with Crippen LogP contribution < -0.4 is 5.32 Å². The fourth-order valence-corrected chi connectivity index (χ4v) is 2.78. The van der Waals surface area contributed by atoms with Crippen LogP contribution in [0.1, 0.15) is 35.2 Å². The van der Waals surface area contributed by atoms with E-state index in [1.165, 1.54) is 12.1 Å². The van der Waals surface area contributed by atoms with E-state index >= 15 is 0 Å². The molecule has 1 aromatic rings. The number of hydrogen-bond acceptors (Lipinski definition) is 1. The molecule has 2 atom stereocenters. The van der Waals surface area contributed by atoms with Crippen molar-refractivity contribution in [2.24, 2.45) is 5.92 Å². The standard InChI is InChI=1S/C14H17ClFNO/c1-9-5-11(7-12(16)6-9)14(18)17-8-10-3-2-4-13(10)15/h5-7,10,13H,2-4,8H2,1H3,(H,17,18). The van der Waals surface area contributed by atoms with E-state index < -0.39 is 0 Å². The summed E-state index contributed by atoms with van der Waals surface area (Å²) in [5.41, 5.74) is 1.12. The minimum atomic E-state index is -0.378. The van der Waals surface area contributed by atoms with Crippen LogP contribution in [0.4, 0.5) is 4.39 Å². The van der Waals surface area contributed by atoms with Crippen LogP contribution in [0.2, 0.25) is 0 Å². The third kappa shape index (κ3) is 3.22. The normalized spacial score (nSPS) is 23.1. The Morgan fingerprint density at radius 1 is 1.44 bits per heavy atom. The number of carbonyl (C=O) groups is 1. The Balaban J connectivity index is 1.95. The van der Waals surface area contributed by atoms with Gasteiger partial charge in [0.25, 0.3) is 5.91 Å². The fourth-order valence-electron chi connectivity index (χ4n) is 2.41. The second-order valence-corrected chi connectivity index (χ2v) is 5.49. The maximum atomic E-state index is 13.2. The third-order valence-corrected chi connectivity index (χ3v) is 3.97. The van der Waals surface area contributed by atoms with Crippen molar-refractivity contribution in [3.8, 4) is 0 Å². The molecule has 1 aromatic carbocycles. The zero-order chi connectivity index (χ0) is 13.1. The van der Waals surface area contributed by atoms with E-state index in [4.69, 9.17) is 11.6 Å². The summed E-state index contributed by atoms with van der Waals surface area (Å²) in [7, 11) is 0. The summed E-state index contributed by atoms with van der Waals surface area (Å²) >= 11 is 6.15. The first-order valence-electron chi connectivity index (χ1n) is 6.26. The highest BCUT2D eigenvalue weighted by Crippen LogP contribution is 2.29. The van der Waals surface area contributed by atoms with Crippen LogP contribution >= 0.6 is 11.6 Å². The molecular weight excluding hydrogens is 253 g/mol. The third-order valence-electron chi connectivity index (χ3n) is 3.40. The van der Waals surface area contributed by atoms with Gasteiger partial charge in [-0.25, -0.2) is 4.39 Å². The Morgan fingerprint density at radius 3 is 2.83 bits per heavy atom. The summed E-state index contributed by atoms with van der Waals surface area (Å²) in [5, 5.41) is 2.99. The highest BCUT2D eigenvalue weighted by atomic mass is 35.5. The van der Waals surface area contributed by atoms with Crippen molar-refractivity contribution < 1.29 is 9.18 Å². The average molecular weight is 270 g/mol. The highest BCUT2D eigenvalue weighted by Gasteiger charge is 2.25. The van der Waals surface area contributed by atoms with Crippen molar-refractivity contribution in [1.29, 1.82) is 0 Å². The summed E-state index contributed by atoms with van der Waals surface area (Å²) in [4.78, 5) is 11.9. The Bertz CT molecular complexity index is 429. The molecular formula is C14H17ClFNO. The number of amides is 1. The molecule has 1 amide bonds. The monoisotopic (exact) mass is 269 g/mol. The number of benzene rings is 1. The largest absolute Gasteiger partial charge is 0.352 e. The summed E-state index contributed by atoms with van der Waals surface area (Å²) in [6.45, 7) is 2.34. The van der Waals surface area contributed by atoms with Gasteiger partial charge in [0.05, 0.1) is 0 Å². The first kappa shape index (κ1) is 13.3. The molecule has 18 heavy (non-hydrogen) atoms. The molecule has 1 N–H and O–H groups in total. The van der Waals surface area contributed by atoms with Gasteiger partial charge in [0.1, 0.15) is 5.82 Å². The number of halogens is 2. The first-order chi connectivity index (χ1) is 8.56. The topological polar surface area (TPSA) is 29.1 Å². The van der Waals surface area contributed by atoms with Crippen LogP contribution in [0.15, 0.2) is 18.2 Å². The number of hydrogen-bond donors (Lipinski definition) is 1. The molecule has 2 nitrogen and oxygen atoms in total. The molecule has 2 unspecified atom stereocenters. The molecule has 1 aliphatic rings. The second-order valence-electron chi connectivity index (χ2n) is 4.93. The maximum absolute atomic E-state index is 13.2. The smallest absolute Gasteiger partial charge is 0.251 e. The molecule has 0 aromatic heterocycles. The van der Waals surface area contributed by atoms with Gasteiger partial charge in [-0.05, 0) is 49.4 Å². The predicted octanol–water partition coefficient (Wildman–Crippen LogP) is 3.27. The van der Waals surface area contributed by atoms with Gasteiger partial charge < -0.3 is 5.32 Å². The lowest BCUT2D eigenvalue weighted by Crippen LogP contribution is -2.31. The molecule has 0 spiro atoms. The van der Waals surface area contributed by atoms with Crippen molar-refractivity contribution in [2.75, 3.05) is 6.54 Å². The summed E-state index contributed by atoms with van der Waals surface area (Å²) in [5.74, 6) is -0.269. The van der Waals surface area contributed by atoms with Gasteiger partial charge in [-0.3, -0.25) is 4.79 Å².